The summed E-state index contributed by atoms with van der Waals surface area (Å²) in [4.78, 5) is 14.3. The first kappa shape index (κ1) is 12.5. The standard InChI is InChI=1S/C16H21NO2/c1-2-19-16(18)13-7-8-15-14-6-4-3-5-12(14)9-10-17(15)11-13/h3-6,12-13H,2,7-11H2,1H3. The van der Waals surface area contributed by atoms with Crippen molar-refractivity contribution in [1.29, 1.82) is 0 Å². The third-order valence-corrected chi connectivity index (χ3v) is 4.35. The second-order valence-electron chi connectivity index (χ2n) is 5.47. The van der Waals surface area contributed by atoms with E-state index < -0.39 is 0 Å². The highest BCUT2D eigenvalue weighted by Gasteiger charge is 2.34. The molecule has 1 fully saturated rings. The molecule has 0 aromatic rings. The summed E-state index contributed by atoms with van der Waals surface area (Å²) < 4.78 is 5.16. The lowest BCUT2D eigenvalue weighted by Crippen LogP contribution is -2.42. The van der Waals surface area contributed by atoms with Crippen molar-refractivity contribution in [2.45, 2.75) is 26.2 Å². The summed E-state index contributed by atoms with van der Waals surface area (Å²) in [5, 5.41) is 0. The van der Waals surface area contributed by atoms with Gasteiger partial charge in [-0.15, -0.1) is 0 Å². The van der Waals surface area contributed by atoms with Crippen molar-refractivity contribution in [3.63, 3.8) is 0 Å². The van der Waals surface area contributed by atoms with Crippen LogP contribution < -0.4 is 0 Å². The van der Waals surface area contributed by atoms with E-state index in [0.717, 1.165) is 32.4 Å². The first-order valence-electron chi connectivity index (χ1n) is 7.29. The van der Waals surface area contributed by atoms with Crippen LogP contribution >= 0.6 is 0 Å². The van der Waals surface area contributed by atoms with Gasteiger partial charge in [-0.1, -0.05) is 24.3 Å². The van der Waals surface area contributed by atoms with Gasteiger partial charge < -0.3 is 9.64 Å². The molecular formula is C16H21NO2. The van der Waals surface area contributed by atoms with Gasteiger partial charge >= 0.3 is 5.97 Å². The fourth-order valence-corrected chi connectivity index (χ4v) is 3.38. The number of ether oxygens (including phenoxy) is 1. The van der Waals surface area contributed by atoms with E-state index >= 15 is 0 Å². The molecule has 3 nitrogen and oxygen atoms in total. The predicted molar refractivity (Wildman–Crippen MR) is 74.3 cm³/mol. The fourth-order valence-electron chi connectivity index (χ4n) is 3.38. The van der Waals surface area contributed by atoms with Gasteiger partial charge in [-0.25, -0.2) is 0 Å². The minimum Gasteiger partial charge on any atom is -0.466 e. The maximum Gasteiger partial charge on any atom is 0.310 e. The van der Waals surface area contributed by atoms with E-state index in [4.69, 9.17) is 4.74 Å². The van der Waals surface area contributed by atoms with E-state index in [2.05, 4.69) is 29.2 Å². The number of hydrogen-bond acceptors (Lipinski definition) is 3. The molecule has 0 spiro atoms. The summed E-state index contributed by atoms with van der Waals surface area (Å²) in [6, 6.07) is 0. The van der Waals surface area contributed by atoms with E-state index in [9.17, 15) is 4.79 Å². The van der Waals surface area contributed by atoms with Crippen LogP contribution in [-0.2, 0) is 9.53 Å². The SMILES string of the molecule is CCOC(=O)C1CCC2=C3C=CC=CC3CCN2C1. The zero-order valence-electron chi connectivity index (χ0n) is 11.5. The average molecular weight is 259 g/mol. The normalized spacial score (nSPS) is 29.0. The molecular weight excluding hydrogens is 238 g/mol. The zero-order valence-corrected chi connectivity index (χ0v) is 11.5. The topological polar surface area (TPSA) is 29.5 Å². The number of piperidine rings is 1. The molecule has 102 valence electrons. The van der Waals surface area contributed by atoms with Crippen LogP contribution in [0.5, 0.6) is 0 Å². The number of fused-ring (bicyclic) bond motifs is 2. The first-order chi connectivity index (χ1) is 9.29. The maximum absolute atomic E-state index is 11.9. The quantitative estimate of drug-likeness (QED) is 0.714. The van der Waals surface area contributed by atoms with E-state index in [-0.39, 0.29) is 11.9 Å². The van der Waals surface area contributed by atoms with Crippen LogP contribution in [0.3, 0.4) is 0 Å². The van der Waals surface area contributed by atoms with Gasteiger partial charge in [0, 0.05) is 24.7 Å². The molecule has 2 heterocycles. The Morgan fingerprint density at radius 1 is 1.42 bits per heavy atom. The largest absolute Gasteiger partial charge is 0.466 e. The van der Waals surface area contributed by atoms with Gasteiger partial charge in [-0.3, -0.25) is 4.79 Å². The predicted octanol–water partition coefficient (Wildman–Crippen LogP) is 2.66. The smallest absolute Gasteiger partial charge is 0.310 e. The Kier molecular flexibility index (Phi) is 3.45. The molecule has 1 saturated heterocycles. The van der Waals surface area contributed by atoms with Crippen LogP contribution in [0, 0.1) is 11.8 Å². The Bertz CT molecular complexity index is 461. The minimum atomic E-state index is -0.0206. The van der Waals surface area contributed by atoms with Crippen LogP contribution in [0.15, 0.2) is 35.6 Å². The highest BCUT2D eigenvalue weighted by atomic mass is 16.5. The Labute approximate surface area is 114 Å². The van der Waals surface area contributed by atoms with Gasteiger partial charge in [-0.05, 0) is 31.8 Å². The summed E-state index contributed by atoms with van der Waals surface area (Å²) in [6.45, 7) is 4.26. The molecule has 0 aromatic heterocycles. The molecule has 3 heteroatoms. The summed E-state index contributed by atoms with van der Waals surface area (Å²) in [7, 11) is 0. The van der Waals surface area contributed by atoms with Crippen LogP contribution in [0.4, 0.5) is 0 Å². The number of carbonyl (C=O) groups is 1. The highest BCUT2D eigenvalue weighted by Crippen LogP contribution is 2.37. The monoisotopic (exact) mass is 259 g/mol. The molecule has 3 aliphatic rings. The molecule has 2 unspecified atom stereocenters. The summed E-state index contributed by atoms with van der Waals surface area (Å²) >= 11 is 0. The molecule has 0 N–H and O–H groups in total. The Balaban J connectivity index is 1.76. The maximum atomic E-state index is 11.9. The third-order valence-electron chi connectivity index (χ3n) is 4.35. The van der Waals surface area contributed by atoms with Crippen LogP contribution in [-0.4, -0.2) is 30.6 Å². The van der Waals surface area contributed by atoms with Crippen LogP contribution in [0.1, 0.15) is 26.2 Å². The molecule has 2 aliphatic heterocycles. The fraction of sp³-hybridized carbons (Fsp3) is 0.562. The molecule has 0 bridgehead atoms. The minimum absolute atomic E-state index is 0.0206. The molecule has 0 aromatic carbocycles. The number of rotatable bonds is 2. The highest BCUT2D eigenvalue weighted by molar-refractivity contribution is 5.73. The van der Waals surface area contributed by atoms with E-state index in [1.54, 1.807) is 0 Å². The molecule has 1 aliphatic carbocycles. The second kappa shape index (κ2) is 5.24. The van der Waals surface area contributed by atoms with Crippen molar-refractivity contribution >= 4 is 5.97 Å². The van der Waals surface area contributed by atoms with Crippen molar-refractivity contribution < 1.29 is 9.53 Å². The molecule has 2 atom stereocenters. The van der Waals surface area contributed by atoms with Crippen LogP contribution in [0.25, 0.3) is 0 Å². The number of carbonyl (C=O) groups excluding carboxylic acids is 1. The molecule has 0 amide bonds. The molecule has 3 rings (SSSR count). The lowest BCUT2D eigenvalue weighted by Gasteiger charge is -2.42. The van der Waals surface area contributed by atoms with Crippen molar-refractivity contribution in [1.82, 2.24) is 4.90 Å². The summed E-state index contributed by atoms with van der Waals surface area (Å²) in [6.07, 6.45) is 11.9. The van der Waals surface area contributed by atoms with E-state index in [1.165, 1.54) is 11.3 Å². The number of nitrogens with zero attached hydrogens (tertiary/aromatic N) is 1. The van der Waals surface area contributed by atoms with Gasteiger partial charge in [0.2, 0.25) is 0 Å². The lowest BCUT2D eigenvalue weighted by molar-refractivity contribution is -0.149. The molecule has 0 radical (unpaired) electrons. The Morgan fingerprint density at radius 2 is 2.32 bits per heavy atom. The van der Waals surface area contributed by atoms with Gasteiger partial charge in [0.25, 0.3) is 0 Å². The number of allylic oxidation sites excluding steroid dienone is 6. The number of hydrogen-bond donors (Lipinski definition) is 0. The van der Waals surface area contributed by atoms with Gasteiger partial charge in [0.05, 0.1) is 12.5 Å². The van der Waals surface area contributed by atoms with Gasteiger partial charge in [0.15, 0.2) is 0 Å². The Hall–Kier alpha value is -1.51. The average Bonchev–Trinajstić information content (AvgIpc) is 2.46. The third kappa shape index (κ3) is 2.34. The zero-order chi connectivity index (χ0) is 13.2. The second-order valence-corrected chi connectivity index (χ2v) is 5.47. The van der Waals surface area contributed by atoms with Gasteiger partial charge in [-0.2, -0.15) is 0 Å². The lowest BCUT2D eigenvalue weighted by atomic mass is 9.82. The Morgan fingerprint density at radius 3 is 3.16 bits per heavy atom. The first-order valence-corrected chi connectivity index (χ1v) is 7.29. The van der Waals surface area contributed by atoms with Crippen LogP contribution in [0.2, 0.25) is 0 Å². The molecule has 0 saturated carbocycles. The van der Waals surface area contributed by atoms with E-state index in [1.807, 2.05) is 6.92 Å². The summed E-state index contributed by atoms with van der Waals surface area (Å²) in [5.74, 6) is 0.632. The van der Waals surface area contributed by atoms with Gasteiger partial charge in [0.1, 0.15) is 0 Å². The van der Waals surface area contributed by atoms with Crippen molar-refractivity contribution in [3.8, 4) is 0 Å². The number of esters is 1. The molecule has 19 heavy (non-hydrogen) atoms. The van der Waals surface area contributed by atoms with Crippen molar-refractivity contribution in [2.75, 3.05) is 19.7 Å². The van der Waals surface area contributed by atoms with Crippen molar-refractivity contribution in [3.05, 3.63) is 35.6 Å². The summed E-state index contributed by atoms with van der Waals surface area (Å²) in [5.41, 5.74) is 2.92. The van der Waals surface area contributed by atoms with E-state index in [0.29, 0.717) is 12.5 Å². The van der Waals surface area contributed by atoms with Crippen molar-refractivity contribution in [2.24, 2.45) is 11.8 Å².